The van der Waals surface area contributed by atoms with E-state index in [-0.39, 0.29) is 0 Å². The lowest BCUT2D eigenvalue weighted by atomic mass is 10.1. The van der Waals surface area contributed by atoms with Gasteiger partial charge in [0, 0.05) is 16.3 Å². The molecule has 0 aliphatic rings. The molecule has 0 bridgehead atoms. The van der Waals surface area contributed by atoms with Crippen molar-refractivity contribution in [3.63, 3.8) is 0 Å². The van der Waals surface area contributed by atoms with Crippen molar-refractivity contribution >= 4 is 43.6 Å². The lowest BCUT2D eigenvalue weighted by Gasteiger charge is -2.28. The molecular formula is C20H36O3S3Si. The highest BCUT2D eigenvalue weighted by atomic mass is 32.2. The second-order valence-electron chi connectivity index (χ2n) is 7.00. The minimum atomic E-state index is -1.78. The van der Waals surface area contributed by atoms with Gasteiger partial charge in [-0.05, 0) is 54.6 Å². The summed E-state index contributed by atoms with van der Waals surface area (Å²) < 4.78 is 17.7. The molecule has 1 aromatic carbocycles. The molecule has 27 heavy (non-hydrogen) atoms. The molecule has 0 spiro atoms. The van der Waals surface area contributed by atoms with Crippen LogP contribution in [0.1, 0.15) is 31.6 Å². The SMILES string of the molecule is CCSCC(SCC)C(SCC)c1cc(OC)c(O[Si](C)(C)C)c(OC)c1. The molecule has 0 saturated heterocycles. The fraction of sp³-hybridized carbons (Fsp3) is 0.700. The Labute approximate surface area is 180 Å². The van der Waals surface area contributed by atoms with E-state index in [1.165, 1.54) is 5.56 Å². The van der Waals surface area contributed by atoms with Crippen LogP contribution in [0.2, 0.25) is 19.6 Å². The molecule has 7 heteroatoms. The van der Waals surface area contributed by atoms with E-state index in [0.29, 0.717) is 10.5 Å². The Hall–Kier alpha value is -0.113. The molecule has 0 saturated carbocycles. The summed E-state index contributed by atoms with van der Waals surface area (Å²) in [7, 11) is 1.64. The van der Waals surface area contributed by atoms with Gasteiger partial charge in [-0.25, -0.2) is 0 Å². The third-order valence-corrected chi connectivity index (χ3v) is 8.47. The summed E-state index contributed by atoms with van der Waals surface area (Å²) in [5, 5.41) is 0.964. The van der Waals surface area contributed by atoms with Crippen LogP contribution in [0.25, 0.3) is 0 Å². The predicted octanol–water partition coefficient (Wildman–Crippen LogP) is 6.59. The first-order valence-electron chi connectivity index (χ1n) is 9.57. The quantitative estimate of drug-likeness (QED) is 0.316. The Morgan fingerprint density at radius 3 is 1.85 bits per heavy atom. The number of hydrogen-bond acceptors (Lipinski definition) is 6. The van der Waals surface area contributed by atoms with E-state index < -0.39 is 8.32 Å². The molecule has 1 rings (SSSR count). The second-order valence-corrected chi connectivity index (χ2v) is 15.7. The van der Waals surface area contributed by atoms with Gasteiger partial charge in [0.1, 0.15) is 0 Å². The van der Waals surface area contributed by atoms with Crippen LogP contribution in [0.15, 0.2) is 12.1 Å². The standard InChI is InChI=1S/C20H36O3S3Si/c1-9-24-14-18(25-10-2)20(26-11-3)15-12-16(21-4)19(17(13-15)22-5)23-27(6,7)8/h12-13,18,20H,9-11,14H2,1-8H3. The summed E-state index contributed by atoms with van der Waals surface area (Å²) in [5.41, 5.74) is 1.26. The maximum atomic E-state index is 6.29. The van der Waals surface area contributed by atoms with Crippen LogP contribution >= 0.6 is 35.3 Å². The number of hydrogen-bond donors (Lipinski definition) is 0. The van der Waals surface area contributed by atoms with Gasteiger partial charge in [-0.2, -0.15) is 35.3 Å². The van der Waals surface area contributed by atoms with Gasteiger partial charge in [0.25, 0.3) is 0 Å². The molecular weight excluding hydrogens is 413 g/mol. The van der Waals surface area contributed by atoms with Gasteiger partial charge in [-0.15, -0.1) is 0 Å². The zero-order valence-electron chi connectivity index (χ0n) is 18.1. The van der Waals surface area contributed by atoms with Crippen molar-refractivity contribution < 1.29 is 13.9 Å². The van der Waals surface area contributed by atoms with Crippen LogP contribution in [-0.4, -0.2) is 50.8 Å². The summed E-state index contributed by atoms with van der Waals surface area (Å²) in [5.74, 6) is 6.81. The van der Waals surface area contributed by atoms with Crippen LogP contribution in [0.3, 0.4) is 0 Å². The Balaban J connectivity index is 3.36. The van der Waals surface area contributed by atoms with E-state index in [0.717, 1.165) is 40.3 Å². The first-order chi connectivity index (χ1) is 12.8. The van der Waals surface area contributed by atoms with Gasteiger partial charge in [-0.3, -0.25) is 0 Å². The molecule has 1 aromatic rings. The normalized spacial score (nSPS) is 13.9. The van der Waals surface area contributed by atoms with Gasteiger partial charge in [-0.1, -0.05) is 20.8 Å². The van der Waals surface area contributed by atoms with Gasteiger partial charge in [0.15, 0.2) is 17.2 Å². The molecule has 0 aliphatic carbocycles. The number of thioether (sulfide) groups is 3. The van der Waals surface area contributed by atoms with Crippen molar-refractivity contribution in [2.24, 2.45) is 0 Å². The Kier molecular flexibility index (Phi) is 11.5. The highest BCUT2D eigenvalue weighted by Gasteiger charge is 2.28. The third-order valence-electron chi connectivity index (χ3n) is 3.77. The van der Waals surface area contributed by atoms with Crippen LogP contribution in [0.4, 0.5) is 0 Å². The predicted molar refractivity (Wildman–Crippen MR) is 129 cm³/mol. The zero-order valence-corrected chi connectivity index (χ0v) is 21.5. The van der Waals surface area contributed by atoms with Crippen molar-refractivity contribution in [3.05, 3.63) is 17.7 Å². The zero-order chi connectivity index (χ0) is 20.4. The molecule has 0 fully saturated rings. The topological polar surface area (TPSA) is 27.7 Å². The maximum Gasteiger partial charge on any atom is 0.242 e. The molecule has 0 heterocycles. The van der Waals surface area contributed by atoms with Crippen LogP contribution in [-0.2, 0) is 0 Å². The van der Waals surface area contributed by atoms with Gasteiger partial charge >= 0.3 is 0 Å². The first-order valence-corrected chi connectivity index (χ1v) is 16.2. The molecule has 0 radical (unpaired) electrons. The third kappa shape index (κ3) is 8.03. The number of rotatable bonds is 13. The fourth-order valence-electron chi connectivity index (χ4n) is 2.74. The van der Waals surface area contributed by atoms with Crippen molar-refractivity contribution in [1.82, 2.24) is 0 Å². The molecule has 0 amide bonds. The summed E-state index contributed by atoms with van der Waals surface area (Å²) >= 11 is 6.08. The molecule has 0 aliphatic heterocycles. The summed E-state index contributed by atoms with van der Waals surface area (Å²) in [6.45, 7) is 13.2. The number of methoxy groups -OCH3 is 2. The molecule has 0 aromatic heterocycles. The van der Waals surface area contributed by atoms with E-state index in [4.69, 9.17) is 13.9 Å². The minimum absolute atomic E-state index is 0.405. The van der Waals surface area contributed by atoms with Crippen LogP contribution in [0.5, 0.6) is 17.2 Å². The van der Waals surface area contributed by atoms with Crippen molar-refractivity contribution in [1.29, 1.82) is 0 Å². The van der Waals surface area contributed by atoms with Gasteiger partial charge < -0.3 is 13.9 Å². The first kappa shape index (κ1) is 24.9. The monoisotopic (exact) mass is 448 g/mol. The fourth-order valence-corrected chi connectivity index (χ4v) is 7.24. The van der Waals surface area contributed by atoms with Crippen LogP contribution in [0, 0.1) is 0 Å². The average Bonchev–Trinajstić information content (AvgIpc) is 2.62. The van der Waals surface area contributed by atoms with E-state index in [1.54, 1.807) is 14.2 Å². The second kappa shape index (κ2) is 12.4. The van der Waals surface area contributed by atoms with E-state index in [1.807, 2.05) is 23.5 Å². The molecule has 3 nitrogen and oxygen atoms in total. The lowest BCUT2D eigenvalue weighted by molar-refractivity contribution is 0.360. The Morgan fingerprint density at radius 1 is 0.889 bits per heavy atom. The number of benzene rings is 1. The summed E-state index contributed by atoms with van der Waals surface area (Å²) in [4.78, 5) is 0. The van der Waals surface area contributed by atoms with Crippen LogP contribution < -0.4 is 13.9 Å². The van der Waals surface area contributed by atoms with Gasteiger partial charge in [0.2, 0.25) is 8.32 Å². The molecule has 2 unspecified atom stereocenters. The van der Waals surface area contributed by atoms with E-state index >= 15 is 0 Å². The largest absolute Gasteiger partial charge is 0.539 e. The van der Waals surface area contributed by atoms with E-state index in [2.05, 4.69) is 64.3 Å². The molecule has 2 atom stereocenters. The maximum absolute atomic E-state index is 6.29. The van der Waals surface area contributed by atoms with Crippen molar-refractivity contribution in [2.45, 2.75) is 50.9 Å². The highest BCUT2D eigenvalue weighted by Crippen LogP contribution is 2.46. The Bertz CT molecular complexity index is 539. The average molecular weight is 449 g/mol. The van der Waals surface area contributed by atoms with Crippen molar-refractivity contribution in [2.75, 3.05) is 37.2 Å². The summed E-state index contributed by atoms with van der Waals surface area (Å²) in [6.07, 6.45) is 0. The highest BCUT2D eigenvalue weighted by molar-refractivity contribution is 8.05. The smallest absolute Gasteiger partial charge is 0.242 e. The number of ether oxygens (including phenoxy) is 2. The summed E-state index contributed by atoms with van der Waals surface area (Å²) in [6, 6.07) is 4.32. The van der Waals surface area contributed by atoms with E-state index in [9.17, 15) is 0 Å². The van der Waals surface area contributed by atoms with Crippen molar-refractivity contribution in [3.8, 4) is 17.2 Å². The Morgan fingerprint density at radius 2 is 1.44 bits per heavy atom. The molecule has 0 N–H and O–H groups in total. The minimum Gasteiger partial charge on any atom is -0.539 e. The molecule has 156 valence electrons. The lowest BCUT2D eigenvalue weighted by Crippen LogP contribution is -2.29. The van der Waals surface area contributed by atoms with Gasteiger partial charge in [0.05, 0.1) is 14.2 Å².